The van der Waals surface area contributed by atoms with Crippen LogP contribution >= 0.6 is 0 Å². The van der Waals surface area contributed by atoms with Crippen molar-refractivity contribution in [2.75, 3.05) is 43.1 Å². The minimum Gasteiger partial charge on any atom is -0.377 e. The van der Waals surface area contributed by atoms with Crippen molar-refractivity contribution in [3.8, 4) is 0 Å². The van der Waals surface area contributed by atoms with E-state index in [1.54, 1.807) is 18.5 Å². The first-order valence-corrected chi connectivity index (χ1v) is 11.7. The Kier molecular flexibility index (Phi) is 6.64. The Morgan fingerprint density at radius 3 is 2.97 bits per heavy atom. The van der Waals surface area contributed by atoms with Crippen molar-refractivity contribution in [3.05, 3.63) is 71.7 Å². The molecule has 2 atom stereocenters. The Labute approximate surface area is 198 Å². The second-order valence-electron chi connectivity index (χ2n) is 8.64. The van der Waals surface area contributed by atoms with Gasteiger partial charge >= 0.3 is 0 Å². The first-order chi connectivity index (χ1) is 16.7. The molecule has 0 radical (unpaired) electrons. The number of nitrogens with two attached hydrogens (primary N) is 1. The second kappa shape index (κ2) is 10.1. The average molecular weight is 460 g/mol. The number of carbonyl (C=O) groups is 1. The first kappa shape index (κ1) is 22.2. The number of aromatic nitrogens is 3. The van der Waals surface area contributed by atoms with Gasteiger partial charge in [0.25, 0.3) is 0 Å². The van der Waals surface area contributed by atoms with Crippen LogP contribution in [0.25, 0.3) is 0 Å². The van der Waals surface area contributed by atoms with Gasteiger partial charge in [-0.3, -0.25) is 9.78 Å². The molecule has 5 rings (SSSR count). The third kappa shape index (κ3) is 4.85. The molecule has 2 aromatic heterocycles. The van der Waals surface area contributed by atoms with Crippen LogP contribution in [0.2, 0.25) is 0 Å². The summed E-state index contributed by atoms with van der Waals surface area (Å²) in [4.78, 5) is 27.7. The third-order valence-electron chi connectivity index (χ3n) is 6.44. The van der Waals surface area contributed by atoms with Crippen LogP contribution < -0.4 is 21.3 Å². The van der Waals surface area contributed by atoms with Gasteiger partial charge in [0.05, 0.1) is 19.3 Å². The Bertz CT molecular complexity index is 1140. The fourth-order valence-electron chi connectivity index (χ4n) is 4.75. The molecule has 2 aliphatic rings. The number of morpholine rings is 1. The number of hydrogen-bond donors (Lipinski definition) is 3. The molecule has 3 aromatic rings. The molecule has 0 spiro atoms. The summed E-state index contributed by atoms with van der Waals surface area (Å²) < 4.78 is 5.74. The predicted octanol–water partition coefficient (Wildman–Crippen LogP) is 2.76. The lowest BCUT2D eigenvalue weighted by Crippen LogP contribution is -2.40. The summed E-state index contributed by atoms with van der Waals surface area (Å²) in [6, 6.07) is 11.6. The summed E-state index contributed by atoms with van der Waals surface area (Å²) in [7, 11) is 0. The summed E-state index contributed by atoms with van der Waals surface area (Å²) in [5.74, 6) is 1.16. The van der Waals surface area contributed by atoms with Crippen molar-refractivity contribution in [3.63, 3.8) is 0 Å². The van der Waals surface area contributed by atoms with Crippen LogP contribution in [0.15, 0.2) is 55.0 Å². The van der Waals surface area contributed by atoms with Gasteiger partial charge < -0.3 is 26.0 Å². The molecule has 176 valence electrons. The van der Waals surface area contributed by atoms with E-state index in [9.17, 15) is 4.79 Å². The van der Waals surface area contributed by atoms with E-state index in [4.69, 9.17) is 15.5 Å². The molecule has 34 heavy (non-hydrogen) atoms. The fraction of sp³-hybridized carbons (Fsp3) is 0.360. The second-order valence-corrected chi connectivity index (χ2v) is 8.64. The highest BCUT2D eigenvalue weighted by atomic mass is 16.5. The van der Waals surface area contributed by atoms with Crippen LogP contribution in [0.5, 0.6) is 0 Å². The highest BCUT2D eigenvalue weighted by Gasteiger charge is 2.26. The number of ether oxygens (including phenoxy) is 1. The monoisotopic (exact) mass is 459 g/mol. The molecule has 2 fully saturated rings. The standard InChI is InChI=1S/C25H29N7O2/c26-24(33)20-6-5-19(13-21(20)17-3-1-8-27-14-17)30-25-29-10-7-23(31-25)32-11-12-34-16-22(32)18-4-2-9-28-15-18/h2,4-7,9-10,13,15,17,22,27H,1,3,8,11-12,14,16H2,(H2,26,33)(H,29,30,31)/t17-,22?/m0/s1. The number of hydrogen-bond acceptors (Lipinski definition) is 8. The highest BCUT2D eigenvalue weighted by Crippen LogP contribution is 2.31. The maximum absolute atomic E-state index is 12.0. The van der Waals surface area contributed by atoms with Gasteiger partial charge in [0.2, 0.25) is 11.9 Å². The zero-order chi connectivity index (χ0) is 23.3. The first-order valence-electron chi connectivity index (χ1n) is 11.7. The lowest BCUT2D eigenvalue weighted by molar-refractivity contribution is 0.0936. The molecule has 2 saturated heterocycles. The topological polar surface area (TPSA) is 118 Å². The Hall–Kier alpha value is -3.56. The fourth-order valence-corrected chi connectivity index (χ4v) is 4.75. The van der Waals surface area contributed by atoms with Gasteiger partial charge in [-0.15, -0.1) is 0 Å². The van der Waals surface area contributed by atoms with Crippen molar-refractivity contribution in [2.24, 2.45) is 5.73 Å². The number of nitrogens with one attached hydrogen (secondary N) is 2. The van der Waals surface area contributed by atoms with E-state index in [-0.39, 0.29) is 12.0 Å². The third-order valence-corrected chi connectivity index (χ3v) is 6.44. The van der Waals surface area contributed by atoms with E-state index >= 15 is 0 Å². The Morgan fingerprint density at radius 1 is 1.24 bits per heavy atom. The molecule has 9 nitrogen and oxygen atoms in total. The van der Waals surface area contributed by atoms with Gasteiger partial charge in [-0.1, -0.05) is 6.07 Å². The van der Waals surface area contributed by atoms with Crippen molar-refractivity contribution >= 4 is 23.4 Å². The minimum absolute atomic E-state index is 0.0328. The van der Waals surface area contributed by atoms with Crippen molar-refractivity contribution in [1.29, 1.82) is 0 Å². The molecular weight excluding hydrogens is 430 g/mol. The van der Waals surface area contributed by atoms with Crippen LogP contribution in [0.4, 0.5) is 17.5 Å². The maximum atomic E-state index is 12.0. The van der Waals surface area contributed by atoms with Gasteiger partial charge in [-0.25, -0.2) is 4.98 Å². The molecule has 0 saturated carbocycles. The number of rotatable bonds is 6. The van der Waals surface area contributed by atoms with Gasteiger partial charge in [-0.05, 0) is 66.8 Å². The van der Waals surface area contributed by atoms with Gasteiger partial charge in [0.15, 0.2) is 0 Å². The molecule has 1 unspecified atom stereocenters. The number of piperidine rings is 1. The Morgan fingerprint density at radius 2 is 2.18 bits per heavy atom. The summed E-state index contributed by atoms with van der Waals surface area (Å²) in [6.07, 6.45) is 7.49. The van der Waals surface area contributed by atoms with Gasteiger partial charge in [-0.2, -0.15) is 4.98 Å². The number of pyridine rings is 1. The van der Waals surface area contributed by atoms with Gasteiger partial charge in [0.1, 0.15) is 5.82 Å². The maximum Gasteiger partial charge on any atom is 0.248 e. The highest BCUT2D eigenvalue weighted by molar-refractivity contribution is 5.95. The normalized spacial score (nSPS) is 20.6. The van der Waals surface area contributed by atoms with Crippen LogP contribution in [-0.2, 0) is 4.74 Å². The quantitative estimate of drug-likeness (QED) is 0.515. The zero-order valence-corrected chi connectivity index (χ0v) is 19.0. The zero-order valence-electron chi connectivity index (χ0n) is 19.0. The summed E-state index contributed by atoms with van der Waals surface area (Å²) in [5.41, 5.74) is 9.11. The molecule has 0 bridgehead atoms. The lowest BCUT2D eigenvalue weighted by Gasteiger charge is -2.36. The Balaban J connectivity index is 1.40. The van der Waals surface area contributed by atoms with Crippen LogP contribution in [0.3, 0.4) is 0 Å². The largest absolute Gasteiger partial charge is 0.377 e. The van der Waals surface area contributed by atoms with Crippen molar-refractivity contribution in [2.45, 2.75) is 24.8 Å². The van der Waals surface area contributed by atoms with E-state index in [1.165, 1.54) is 0 Å². The van der Waals surface area contributed by atoms with E-state index < -0.39 is 5.91 Å². The number of benzene rings is 1. The van der Waals surface area contributed by atoms with Crippen molar-refractivity contribution in [1.82, 2.24) is 20.3 Å². The van der Waals surface area contributed by atoms with E-state index in [0.29, 0.717) is 24.7 Å². The number of amides is 1. The molecule has 4 N–H and O–H groups in total. The van der Waals surface area contributed by atoms with Crippen LogP contribution in [-0.4, -0.2) is 53.7 Å². The smallest absolute Gasteiger partial charge is 0.248 e. The number of anilines is 3. The molecule has 4 heterocycles. The molecule has 0 aliphatic carbocycles. The van der Waals surface area contributed by atoms with Crippen LogP contribution in [0, 0.1) is 0 Å². The molecule has 9 heteroatoms. The number of primary amides is 1. The van der Waals surface area contributed by atoms with E-state index in [0.717, 1.165) is 55.1 Å². The minimum atomic E-state index is -0.404. The molecule has 1 aromatic carbocycles. The number of nitrogens with zero attached hydrogens (tertiary/aromatic N) is 4. The lowest BCUT2D eigenvalue weighted by atomic mass is 9.88. The van der Waals surface area contributed by atoms with Crippen LogP contribution in [0.1, 0.15) is 46.3 Å². The SMILES string of the molecule is NC(=O)c1ccc(Nc2nccc(N3CCOCC3c3cccnc3)n2)cc1[C@H]1CCCNC1. The predicted molar refractivity (Wildman–Crippen MR) is 130 cm³/mol. The van der Waals surface area contributed by atoms with E-state index in [2.05, 4.69) is 31.6 Å². The van der Waals surface area contributed by atoms with Crippen molar-refractivity contribution < 1.29 is 9.53 Å². The van der Waals surface area contributed by atoms with E-state index in [1.807, 2.05) is 30.5 Å². The summed E-state index contributed by atoms with van der Waals surface area (Å²) >= 11 is 0. The van der Waals surface area contributed by atoms with Gasteiger partial charge in [0, 0.05) is 42.9 Å². The molecular formula is C25H29N7O2. The molecule has 2 aliphatic heterocycles. The molecule has 1 amide bonds. The summed E-state index contributed by atoms with van der Waals surface area (Å²) in [5, 5.41) is 6.73. The average Bonchev–Trinajstić information content (AvgIpc) is 2.90. The number of carbonyl (C=O) groups excluding carboxylic acids is 1. The summed E-state index contributed by atoms with van der Waals surface area (Å²) in [6.45, 7) is 3.77.